The van der Waals surface area contributed by atoms with E-state index in [9.17, 15) is 5.11 Å². The standard InChI is InChI=1S/C17H35NO2/c1-5-6-8-15(2)20-14-7-11-18-12-9-16(10-13-18)17(3,4)19/h15-16,19H,5-14H2,1-4H3. The summed E-state index contributed by atoms with van der Waals surface area (Å²) >= 11 is 0. The van der Waals surface area contributed by atoms with Crippen molar-refractivity contribution in [2.24, 2.45) is 5.92 Å². The second-order valence-corrected chi connectivity index (χ2v) is 6.95. The van der Waals surface area contributed by atoms with Gasteiger partial charge >= 0.3 is 0 Å². The minimum absolute atomic E-state index is 0.413. The summed E-state index contributed by atoms with van der Waals surface area (Å²) in [5, 5.41) is 10.0. The molecule has 1 aliphatic heterocycles. The van der Waals surface area contributed by atoms with Crippen molar-refractivity contribution in [1.29, 1.82) is 0 Å². The first kappa shape index (κ1) is 17.9. The quantitative estimate of drug-likeness (QED) is 0.659. The average molecular weight is 285 g/mol. The van der Waals surface area contributed by atoms with E-state index in [0.29, 0.717) is 12.0 Å². The second-order valence-electron chi connectivity index (χ2n) is 6.95. The van der Waals surface area contributed by atoms with Crippen LogP contribution in [0.2, 0.25) is 0 Å². The SMILES string of the molecule is CCCCC(C)OCCCN1CCC(C(C)(C)O)CC1. The fraction of sp³-hybridized carbons (Fsp3) is 1.00. The normalized spacial score (nSPS) is 20.2. The van der Waals surface area contributed by atoms with E-state index in [4.69, 9.17) is 4.74 Å². The molecule has 0 aromatic carbocycles. The molecule has 0 bridgehead atoms. The van der Waals surface area contributed by atoms with Crippen LogP contribution in [0.1, 0.15) is 66.2 Å². The van der Waals surface area contributed by atoms with E-state index in [0.717, 1.165) is 45.5 Å². The monoisotopic (exact) mass is 285 g/mol. The van der Waals surface area contributed by atoms with Gasteiger partial charge in [0.25, 0.3) is 0 Å². The zero-order valence-electron chi connectivity index (χ0n) is 14.0. The highest BCUT2D eigenvalue weighted by atomic mass is 16.5. The van der Waals surface area contributed by atoms with Crippen LogP contribution in [-0.2, 0) is 4.74 Å². The molecular formula is C17H35NO2. The first-order valence-electron chi connectivity index (χ1n) is 8.49. The maximum absolute atomic E-state index is 10.0. The maximum Gasteiger partial charge on any atom is 0.0620 e. The molecule has 0 amide bonds. The summed E-state index contributed by atoms with van der Waals surface area (Å²) in [7, 11) is 0. The van der Waals surface area contributed by atoms with E-state index < -0.39 is 5.60 Å². The zero-order valence-corrected chi connectivity index (χ0v) is 14.0. The minimum Gasteiger partial charge on any atom is -0.390 e. The van der Waals surface area contributed by atoms with Gasteiger partial charge < -0.3 is 14.7 Å². The van der Waals surface area contributed by atoms with Crippen molar-refractivity contribution in [3.8, 4) is 0 Å². The topological polar surface area (TPSA) is 32.7 Å². The number of hydrogen-bond donors (Lipinski definition) is 1. The molecule has 1 aliphatic rings. The van der Waals surface area contributed by atoms with E-state index in [1.54, 1.807) is 0 Å². The van der Waals surface area contributed by atoms with Crippen molar-refractivity contribution < 1.29 is 9.84 Å². The Balaban J connectivity index is 2.04. The van der Waals surface area contributed by atoms with Gasteiger partial charge in [-0.05, 0) is 65.5 Å². The predicted molar refractivity (Wildman–Crippen MR) is 85.0 cm³/mol. The first-order valence-corrected chi connectivity index (χ1v) is 8.49. The van der Waals surface area contributed by atoms with Gasteiger partial charge in [0.15, 0.2) is 0 Å². The van der Waals surface area contributed by atoms with Crippen LogP contribution in [0.15, 0.2) is 0 Å². The molecule has 1 atom stereocenters. The van der Waals surface area contributed by atoms with Gasteiger partial charge in [0.2, 0.25) is 0 Å². The Kier molecular flexibility index (Phi) is 8.08. The highest BCUT2D eigenvalue weighted by molar-refractivity contribution is 4.82. The van der Waals surface area contributed by atoms with Crippen LogP contribution < -0.4 is 0 Å². The van der Waals surface area contributed by atoms with Gasteiger partial charge in [-0.1, -0.05) is 19.8 Å². The first-order chi connectivity index (χ1) is 9.43. The Morgan fingerprint density at radius 3 is 2.45 bits per heavy atom. The third-order valence-corrected chi connectivity index (χ3v) is 4.57. The summed E-state index contributed by atoms with van der Waals surface area (Å²) in [4.78, 5) is 2.52. The molecule has 1 heterocycles. The average Bonchev–Trinajstić information content (AvgIpc) is 2.41. The predicted octanol–water partition coefficient (Wildman–Crippen LogP) is 3.45. The van der Waals surface area contributed by atoms with E-state index in [1.807, 2.05) is 13.8 Å². The number of aliphatic hydroxyl groups is 1. The van der Waals surface area contributed by atoms with Gasteiger partial charge in [-0.2, -0.15) is 0 Å². The molecule has 0 saturated carbocycles. The molecular weight excluding hydrogens is 250 g/mol. The lowest BCUT2D eigenvalue weighted by molar-refractivity contribution is -0.0145. The van der Waals surface area contributed by atoms with E-state index in [-0.39, 0.29) is 0 Å². The fourth-order valence-corrected chi connectivity index (χ4v) is 3.01. The highest BCUT2D eigenvalue weighted by Gasteiger charge is 2.30. The Morgan fingerprint density at radius 1 is 1.25 bits per heavy atom. The molecule has 1 rings (SSSR count). The van der Waals surface area contributed by atoms with Crippen molar-refractivity contribution in [2.75, 3.05) is 26.2 Å². The summed E-state index contributed by atoms with van der Waals surface area (Å²) in [6.45, 7) is 12.6. The molecule has 0 spiro atoms. The van der Waals surface area contributed by atoms with Crippen LogP contribution in [0.5, 0.6) is 0 Å². The van der Waals surface area contributed by atoms with Crippen LogP contribution >= 0.6 is 0 Å². The molecule has 3 nitrogen and oxygen atoms in total. The maximum atomic E-state index is 10.0. The van der Waals surface area contributed by atoms with Gasteiger partial charge in [0.05, 0.1) is 11.7 Å². The Labute approximate surface area is 125 Å². The third-order valence-electron chi connectivity index (χ3n) is 4.57. The van der Waals surface area contributed by atoms with Crippen LogP contribution in [0.25, 0.3) is 0 Å². The van der Waals surface area contributed by atoms with Crippen molar-refractivity contribution in [3.63, 3.8) is 0 Å². The molecule has 3 heteroatoms. The number of piperidine rings is 1. The van der Waals surface area contributed by atoms with Gasteiger partial charge in [-0.3, -0.25) is 0 Å². The molecule has 1 fully saturated rings. The summed E-state index contributed by atoms with van der Waals surface area (Å²) in [5.74, 6) is 0.462. The zero-order chi connectivity index (χ0) is 15.0. The number of hydrogen-bond acceptors (Lipinski definition) is 3. The molecule has 120 valence electrons. The Hall–Kier alpha value is -0.120. The Bertz CT molecular complexity index is 242. The van der Waals surface area contributed by atoms with Crippen LogP contribution in [0, 0.1) is 5.92 Å². The number of nitrogens with zero attached hydrogens (tertiary/aromatic N) is 1. The van der Waals surface area contributed by atoms with E-state index >= 15 is 0 Å². The highest BCUT2D eigenvalue weighted by Crippen LogP contribution is 2.27. The number of likely N-dealkylation sites (tertiary alicyclic amines) is 1. The van der Waals surface area contributed by atoms with Gasteiger partial charge in [-0.25, -0.2) is 0 Å². The van der Waals surface area contributed by atoms with Crippen LogP contribution in [0.4, 0.5) is 0 Å². The fourth-order valence-electron chi connectivity index (χ4n) is 3.01. The van der Waals surface area contributed by atoms with Crippen molar-refractivity contribution >= 4 is 0 Å². The minimum atomic E-state index is -0.510. The van der Waals surface area contributed by atoms with Crippen molar-refractivity contribution in [1.82, 2.24) is 4.90 Å². The van der Waals surface area contributed by atoms with E-state index in [1.165, 1.54) is 19.3 Å². The molecule has 20 heavy (non-hydrogen) atoms. The third kappa shape index (κ3) is 7.05. The van der Waals surface area contributed by atoms with Gasteiger partial charge in [0.1, 0.15) is 0 Å². The lowest BCUT2D eigenvalue weighted by Crippen LogP contribution is -2.42. The van der Waals surface area contributed by atoms with Gasteiger partial charge in [0, 0.05) is 13.2 Å². The smallest absolute Gasteiger partial charge is 0.0620 e. The molecule has 0 radical (unpaired) electrons. The summed E-state index contributed by atoms with van der Waals surface area (Å²) < 4.78 is 5.84. The molecule has 1 unspecified atom stereocenters. The molecule has 0 aromatic heterocycles. The van der Waals surface area contributed by atoms with Gasteiger partial charge in [-0.15, -0.1) is 0 Å². The number of ether oxygens (including phenoxy) is 1. The van der Waals surface area contributed by atoms with Crippen LogP contribution in [-0.4, -0.2) is 48.0 Å². The molecule has 1 saturated heterocycles. The molecule has 0 aliphatic carbocycles. The number of rotatable bonds is 9. The second kappa shape index (κ2) is 9.01. The lowest BCUT2D eigenvalue weighted by atomic mass is 9.83. The molecule has 0 aromatic rings. The number of unbranched alkanes of at least 4 members (excludes halogenated alkanes) is 1. The van der Waals surface area contributed by atoms with Crippen molar-refractivity contribution in [2.45, 2.75) is 77.9 Å². The summed E-state index contributed by atoms with van der Waals surface area (Å²) in [5.41, 5.74) is -0.510. The largest absolute Gasteiger partial charge is 0.390 e. The lowest BCUT2D eigenvalue weighted by Gasteiger charge is -2.37. The molecule has 1 N–H and O–H groups in total. The summed E-state index contributed by atoms with van der Waals surface area (Å²) in [6.07, 6.45) is 7.50. The summed E-state index contributed by atoms with van der Waals surface area (Å²) in [6, 6.07) is 0. The Morgan fingerprint density at radius 2 is 1.90 bits per heavy atom. The van der Waals surface area contributed by atoms with E-state index in [2.05, 4.69) is 18.7 Å². The van der Waals surface area contributed by atoms with Crippen LogP contribution in [0.3, 0.4) is 0 Å². The van der Waals surface area contributed by atoms with Crippen molar-refractivity contribution in [3.05, 3.63) is 0 Å².